The molecule has 0 aliphatic heterocycles. The van der Waals surface area contributed by atoms with E-state index in [1.807, 2.05) is 0 Å². The summed E-state index contributed by atoms with van der Waals surface area (Å²) in [4.78, 5) is 14.4. The maximum atomic E-state index is 13.3. The zero-order valence-electron chi connectivity index (χ0n) is 12.6. The molecule has 140 valence electrons. The first kappa shape index (κ1) is 18.5. The van der Waals surface area contributed by atoms with Gasteiger partial charge >= 0.3 is 18.2 Å². The van der Waals surface area contributed by atoms with Crippen LogP contribution in [0, 0.1) is 6.92 Å². The highest BCUT2D eigenvalue weighted by atomic mass is 79.9. The van der Waals surface area contributed by atoms with Gasteiger partial charge in [-0.05, 0) is 19.1 Å². The van der Waals surface area contributed by atoms with Crippen molar-refractivity contribution < 1.29 is 35.2 Å². The highest BCUT2D eigenvalue weighted by molar-refractivity contribution is 9.10. The minimum atomic E-state index is -4.94. The Labute approximate surface area is 148 Å². The molecule has 0 bridgehead atoms. The number of hydrogen-bond donors (Lipinski definition) is 0. The van der Waals surface area contributed by atoms with Gasteiger partial charge in [0.1, 0.15) is 5.76 Å². The van der Waals surface area contributed by atoms with E-state index in [0.29, 0.717) is 10.6 Å². The molecule has 0 aliphatic rings. The molecule has 0 amide bonds. The first-order valence-corrected chi connectivity index (χ1v) is 7.61. The molecular weight excluding hydrogens is 438 g/mol. The maximum absolute atomic E-state index is 13.3. The fourth-order valence-electron chi connectivity index (χ4n) is 2.40. The van der Waals surface area contributed by atoms with Crippen molar-refractivity contribution in [3.63, 3.8) is 0 Å². The summed E-state index contributed by atoms with van der Waals surface area (Å²) < 4.78 is 88.2. The summed E-state index contributed by atoms with van der Waals surface area (Å²) in [5, 5.41) is 0. The van der Waals surface area contributed by atoms with Crippen molar-refractivity contribution in [3.05, 3.63) is 50.1 Å². The van der Waals surface area contributed by atoms with E-state index in [0.717, 1.165) is 6.07 Å². The van der Waals surface area contributed by atoms with Gasteiger partial charge in [-0.1, -0.05) is 15.9 Å². The van der Waals surface area contributed by atoms with Crippen molar-refractivity contribution in [1.29, 1.82) is 0 Å². The molecule has 3 rings (SSSR count). The first-order chi connectivity index (χ1) is 11.9. The highest BCUT2D eigenvalue weighted by Gasteiger charge is 2.39. The van der Waals surface area contributed by atoms with Crippen molar-refractivity contribution >= 4 is 27.0 Å². The van der Waals surface area contributed by atoms with Gasteiger partial charge in [-0.25, -0.2) is 9.78 Å². The summed E-state index contributed by atoms with van der Waals surface area (Å²) in [6.07, 6.45) is -9.72. The van der Waals surface area contributed by atoms with Crippen LogP contribution in [0.15, 0.2) is 30.2 Å². The highest BCUT2D eigenvalue weighted by Crippen LogP contribution is 2.39. The lowest BCUT2D eigenvalue weighted by Crippen LogP contribution is -2.15. The number of rotatable bonds is 2. The second kappa shape index (κ2) is 5.89. The molecule has 1 aromatic carbocycles. The third-order valence-corrected chi connectivity index (χ3v) is 4.19. The van der Waals surface area contributed by atoms with E-state index >= 15 is 0 Å². The molecule has 0 radical (unpaired) electrons. The van der Waals surface area contributed by atoms with E-state index in [1.54, 1.807) is 0 Å². The molecule has 2 aromatic heterocycles. The summed E-state index contributed by atoms with van der Waals surface area (Å²) in [7, 11) is 0. The van der Waals surface area contributed by atoms with E-state index in [1.165, 1.54) is 6.92 Å². The van der Waals surface area contributed by atoms with E-state index in [4.69, 9.17) is 0 Å². The molecule has 0 atom stereocenters. The molecule has 12 heteroatoms. The standard InChI is InChI=1S/C14H7BrF6N2O3/c1-5-10(26-12(24)25-5)4-23-9-3-7(15)6(13(16,17)18)2-8(9)22-11(23)14(19,20)21/h2-3H,4H2,1H3. The van der Waals surface area contributed by atoms with Crippen molar-refractivity contribution in [1.82, 2.24) is 9.55 Å². The van der Waals surface area contributed by atoms with Crippen molar-refractivity contribution in [3.8, 4) is 0 Å². The van der Waals surface area contributed by atoms with Gasteiger partial charge in [0.05, 0.1) is 23.1 Å². The molecule has 3 aromatic rings. The predicted molar refractivity (Wildman–Crippen MR) is 78.5 cm³/mol. The average Bonchev–Trinajstić information content (AvgIpc) is 2.97. The maximum Gasteiger partial charge on any atom is 0.519 e. The van der Waals surface area contributed by atoms with Crippen LogP contribution in [-0.2, 0) is 18.9 Å². The van der Waals surface area contributed by atoms with Gasteiger partial charge in [-0.2, -0.15) is 26.3 Å². The van der Waals surface area contributed by atoms with E-state index in [-0.39, 0.29) is 17.0 Å². The largest absolute Gasteiger partial charge is 0.519 e. The van der Waals surface area contributed by atoms with Crippen LogP contribution < -0.4 is 5.82 Å². The van der Waals surface area contributed by atoms with Gasteiger partial charge in [0.15, 0.2) is 5.76 Å². The third-order valence-electron chi connectivity index (χ3n) is 3.53. The molecule has 2 heterocycles. The van der Waals surface area contributed by atoms with Gasteiger partial charge in [-0.3, -0.25) is 0 Å². The molecule has 0 aliphatic carbocycles. The Kier molecular flexibility index (Phi) is 4.20. The van der Waals surface area contributed by atoms with Crippen molar-refractivity contribution in [2.45, 2.75) is 25.8 Å². The van der Waals surface area contributed by atoms with E-state index < -0.39 is 46.1 Å². The minimum Gasteiger partial charge on any atom is -0.396 e. The summed E-state index contributed by atoms with van der Waals surface area (Å²) in [5.74, 6) is -2.77. The van der Waals surface area contributed by atoms with Gasteiger partial charge in [0.2, 0.25) is 5.82 Å². The molecule has 0 N–H and O–H groups in total. The van der Waals surface area contributed by atoms with Crippen molar-refractivity contribution in [2.24, 2.45) is 0 Å². The molecule has 0 saturated carbocycles. The smallest absolute Gasteiger partial charge is 0.396 e. The lowest BCUT2D eigenvalue weighted by atomic mass is 10.2. The average molecular weight is 445 g/mol. The topological polar surface area (TPSA) is 61.2 Å². The molecule has 5 nitrogen and oxygen atoms in total. The number of alkyl halides is 6. The normalized spacial score (nSPS) is 12.9. The monoisotopic (exact) mass is 444 g/mol. The lowest BCUT2D eigenvalue weighted by molar-refractivity contribution is -0.146. The van der Waals surface area contributed by atoms with Crippen LogP contribution in [0.3, 0.4) is 0 Å². The predicted octanol–water partition coefficient (Wildman–Crippen LogP) is 4.74. The molecule has 0 spiro atoms. The lowest BCUT2D eigenvalue weighted by Gasteiger charge is -2.11. The van der Waals surface area contributed by atoms with Crippen LogP contribution in [-0.4, -0.2) is 9.55 Å². The fourth-order valence-corrected chi connectivity index (χ4v) is 2.96. The number of hydrogen-bond acceptors (Lipinski definition) is 4. The summed E-state index contributed by atoms with van der Waals surface area (Å²) in [5.41, 5.74) is -1.88. The zero-order valence-corrected chi connectivity index (χ0v) is 14.2. The molecular formula is C14H7BrF6N2O3. The van der Waals surface area contributed by atoms with Gasteiger partial charge in [-0.15, -0.1) is 0 Å². The zero-order chi connectivity index (χ0) is 19.4. The number of aromatic nitrogens is 2. The van der Waals surface area contributed by atoms with Gasteiger partial charge < -0.3 is 13.4 Å². The quantitative estimate of drug-likeness (QED) is 0.535. The van der Waals surface area contributed by atoms with Crippen molar-refractivity contribution in [2.75, 3.05) is 0 Å². The molecule has 0 unspecified atom stereocenters. The molecule has 26 heavy (non-hydrogen) atoms. The summed E-state index contributed by atoms with van der Waals surface area (Å²) in [6, 6.07) is 1.40. The van der Waals surface area contributed by atoms with Crippen LogP contribution >= 0.6 is 15.9 Å². The Morgan fingerprint density at radius 3 is 2.27 bits per heavy atom. The SMILES string of the molecule is Cc1oc(=O)oc1Cn1c(C(F)(F)F)nc2cc(C(F)(F)F)c(Br)cc21. The number of benzene rings is 1. The Bertz CT molecular complexity index is 1040. The van der Waals surface area contributed by atoms with Gasteiger partial charge in [0, 0.05) is 4.47 Å². The third kappa shape index (κ3) is 3.24. The summed E-state index contributed by atoms with van der Waals surface area (Å²) in [6.45, 7) is 0.713. The Morgan fingerprint density at radius 2 is 1.77 bits per heavy atom. The Hall–Kier alpha value is -2.24. The second-order valence-corrected chi connectivity index (χ2v) is 6.13. The number of fused-ring (bicyclic) bond motifs is 1. The van der Waals surface area contributed by atoms with E-state index in [2.05, 4.69) is 29.7 Å². The number of nitrogens with zero attached hydrogens (tertiary/aromatic N) is 2. The second-order valence-electron chi connectivity index (χ2n) is 5.27. The number of imidazole rings is 1. The molecule has 0 fully saturated rings. The van der Waals surface area contributed by atoms with Crippen LogP contribution in [0.2, 0.25) is 0 Å². The van der Waals surface area contributed by atoms with Gasteiger partial charge in [0.25, 0.3) is 0 Å². The number of halogens is 7. The summed E-state index contributed by atoms with van der Waals surface area (Å²) >= 11 is 2.72. The first-order valence-electron chi connectivity index (χ1n) is 6.81. The van der Waals surface area contributed by atoms with Crippen LogP contribution in [0.5, 0.6) is 0 Å². The minimum absolute atomic E-state index is 0.0454. The van der Waals surface area contributed by atoms with Crippen LogP contribution in [0.25, 0.3) is 11.0 Å². The Balaban J connectivity index is 2.27. The van der Waals surface area contributed by atoms with Crippen LogP contribution in [0.1, 0.15) is 22.9 Å². The van der Waals surface area contributed by atoms with E-state index in [9.17, 15) is 31.1 Å². The number of aryl methyl sites for hydroxylation is 1. The fraction of sp³-hybridized carbons (Fsp3) is 0.286. The van der Waals surface area contributed by atoms with Crippen LogP contribution in [0.4, 0.5) is 26.3 Å². The molecule has 0 saturated heterocycles. The Morgan fingerprint density at radius 1 is 1.12 bits per heavy atom.